The highest BCUT2D eigenvalue weighted by Gasteiger charge is 2.30. The second-order valence-electron chi connectivity index (χ2n) is 8.12. The van der Waals surface area contributed by atoms with Crippen molar-refractivity contribution in [3.8, 4) is 0 Å². The van der Waals surface area contributed by atoms with Crippen LogP contribution in [0.15, 0.2) is 42.6 Å². The third-order valence-electron chi connectivity index (χ3n) is 6.08. The van der Waals surface area contributed by atoms with Gasteiger partial charge >= 0.3 is 0 Å². The first kappa shape index (κ1) is 20.3. The first-order chi connectivity index (χ1) is 14.5. The van der Waals surface area contributed by atoms with Crippen molar-refractivity contribution in [3.05, 3.63) is 53.7 Å². The second kappa shape index (κ2) is 8.83. The Morgan fingerprint density at radius 3 is 2.53 bits per heavy atom. The molecule has 3 heterocycles. The van der Waals surface area contributed by atoms with Crippen LogP contribution in [0.1, 0.15) is 30.5 Å². The summed E-state index contributed by atoms with van der Waals surface area (Å²) < 4.78 is 0. The number of piperazine rings is 1. The van der Waals surface area contributed by atoms with Gasteiger partial charge in [-0.25, -0.2) is 4.98 Å². The normalized spacial score (nSPS) is 19.3. The molecule has 7 heteroatoms. The summed E-state index contributed by atoms with van der Waals surface area (Å²) in [5, 5.41) is 2.90. The minimum Gasteiger partial charge on any atom is -0.368 e. The van der Waals surface area contributed by atoms with E-state index in [4.69, 9.17) is 0 Å². The molecular formula is C23H29N5O2. The zero-order chi connectivity index (χ0) is 21.1. The summed E-state index contributed by atoms with van der Waals surface area (Å²) in [5.74, 6) is 0.399. The number of nitrogens with one attached hydrogen (secondary N) is 1. The molecule has 7 nitrogen and oxygen atoms in total. The lowest BCUT2D eigenvalue weighted by molar-refractivity contribution is -0.132. The molecule has 2 amide bonds. The second-order valence-corrected chi connectivity index (χ2v) is 8.12. The molecule has 1 unspecified atom stereocenters. The number of carbonyl (C=O) groups is 2. The number of pyridine rings is 1. The highest BCUT2D eigenvalue weighted by molar-refractivity contribution is 5.91. The van der Waals surface area contributed by atoms with Gasteiger partial charge in [-0.3, -0.25) is 9.59 Å². The molecule has 1 atom stereocenters. The Labute approximate surface area is 177 Å². The number of hydrogen-bond donors (Lipinski definition) is 1. The number of fused-ring (bicyclic) bond motifs is 1. The summed E-state index contributed by atoms with van der Waals surface area (Å²) in [6.45, 7) is 6.24. The molecule has 158 valence electrons. The SMILES string of the molecule is CC(=O)N1CCc2ccccc2C1CC(=O)Nc1ccc(N2CCN(C)CC2)cn1. The minimum atomic E-state index is -0.239. The van der Waals surface area contributed by atoms with Gasteiger partial charge in [0.25, 0.3) is 0 Å². The number of likely N-dealkylation sites (N-methyl/N-ethyl adjacent to an activating group) is 1. The van der Waals surface area contributed by atoms with E-state index in [0.29, 0.717) is 12.4 Å². The molecule has 1 fully saturated rings. The standard InChI is InChI=1S/C23H29N5O2/c1-17(29)28-10-9-18-5-3-4-6-20(18)21(28)15-23(30)25-22-8-7-19(16-24-22)27-13-11-26(2)12-14-27/h3-8,16,21H,9-15H2,1-2H3,(H,24,25,30). The number of amides is 2. The van der Waals surface area contributed by atoms with E-state index in [2.05, 4.69) is 33.2 Å². The summed E-state index contributed by atoms with van der Waals surface area (Å²) in [7, 11) is 2.13. The third kappa shape index (κ3) is 4.46. The molecular weight excluding hydrogens is 378 g/mol. The van der Waals surface area contributed by atoms with Crippen molar-refractivity contribution in [2.24, 2.45) is 0 Å². The zero-order valence-corrected chi connectivity index (χ0v) is 17.7. The van der Waals surface area contributed by atoms with E-state index in [1.165, 1.54) is 5.56 Å². The fraction of sp³-hybridized carbons (Fsp3) is 0.435. The van der Waals surface area contributed by atoms with Crippen LogP contribution in [0.5, 0.6) is 0 Å². The predicted octanol–water partition coefficient (Wildman–Crippen LogP) is 2.31. The highest BCUT2D eigenvalue weighted by atomic mass is 16.2. The Hall–Kier alpha value is -2.93. The molecule has 2 aliphatic heterocycles. The largest absolute Gasteiger partial charge is 0.368 e. The first-order valence-electron chi connectivity index (χ1n) is 10.6. The van der Waals surface area contributed by atoms with Gasteiger partial charge in [-0.05, 0) is 36.7 Å². The molecule has 2 aromatic rings. The summed E-state index contributed by atoms with van der Waals surface area (Å²) >= 11 is 0. The Morgan fingerprint density at radius 1 is 1.07 bits per heavy atom. The van der Waals surface area contributed by atoms with Gasteiger partial charge < -0.3 is 20.0 Å². The van der Waals surface area contributed by atoms with Crippen LogP contribution < -0.4 is 10.2 Å². The van der Waals surface area contributed by atoms with Crippen LogP contribution in [0.2, 0.25) is 0 Å². The number of rotatable bonds is 4. The summed E-state index contributed by atoms with van der Waals surface area (Å²) in [6, 6.07) is 11.7. The Bertz CT molecular complexity index is 906. The van der Waals surface area contributed by atoms with Gasteiger partial charge in [0.1, 0.15) is 5.82 Å². The Balaban J connectivity index is 1.42. The first-order valence-corrected chi connectivity index (χ1v) is 10.6. The van der Waals surface area contributed by atoms with E-state index in [0.717, 1.165) is 43.9 Å². The van der Waals surface area contributed by atoms with Crippen molar-refractivity contribution in [1.82, 2.24) is 14.8 Å². The lowest BCUT2D eigenvalue weighted by Gasteiger charge is -2.36. The maximum atomic E-state index is 12.8. The van der Waals surface area contributed by atoms with Crippen molar-refractivity contribution in [2.45, 2.75) is 25.8 Å². The lowest BCUT2D eigenvalue weighted by Crippen LogP contribution is -2.44. The van der Waals surface area contributed by atoms with E-state index in [9.17, 15) is 9.59 Å². The van der Waals surface area contributed by atoms with E-state index in [1.807, 2.05) is 36.5 Å². The van der Waals surface area contributed by atoms with Gasteiger partial charge in [-0.15, -0.1) is 0 Å². The highest BCUT2D eigenvalue weighted by Crippen LogP contribution is 2.32. The fourth-order valence-corrected chi connectivity index (χ4v) is 4.33. The lowest BCUT2D eigenvalue weighted by atomic mass is 9.90. The minimum absolute atomic E-state index is 0.00282. The fourth-order valence-electron chi connectivity index (χ4n) is 4.33. The van der Waals surface area contributed by atoms with Crippen LogP contribution in [-0.2, 0) is 16.0 Å². The van der Waals surface area contributed by atoms with E-state index >= 15 is 0 Å². The predicted molar refractivity (Wildman–Crippen MR) is 117 cm³/mol. The molecule has 2 aliphatic rings. The van der Waals surface area contributed by atoms with Crippen molar-refractivity contribution in [2.75, 3.05) is 50.0 Å². The van der Waals surface area contributed by atoms with E-state index < -0.39 is 0 Å². The maximum absolute atomic E-state index is 12.8. The van der Waals surface area contributed by atoms with Crippen LogP contribution in [0.3, 0.4) is 0 Å². The summed E-state index contributed by atoms with van der Waals surface area (Å²) in [5.41, 5.74) is 3.35. The molecule has 0 bridgehead atoms. The van der Waals surface area contributed by atoms with E-state index in [1.54, 1.807) is 11.8 Å². The molecule has 1 aromatic heterocycles. The molecule has 30 heavy (non-hydrogen) atoms. The quantitative estimate of drug-likeness (QED) is 0.842. The van der Waals surface area contributed by atoms with Gasteiger partial charge in [0.2, 0.25) is 11.8 Å². The molecule has 0 radical (unpaired) electrons. The number of anilines is 2. The van der Waals surface area contributed by atoms with Crippen molar-refractivity contribution >= 4 is 23.3 Å². The number of benzene rings is 1. The average Bonchev–Trinajstić information content (AvgIpc) is 2.75. The number of hydrogen-bond acceptors (Lipinski definition) is 5. The molecule has 4 rings (SSSR count). The van der Waals surface area contributed by atoms with Gasteiger partial charge in [-0.1, -0.05) is 24.3 Å². The monoisotopic (exact) mass is 407 g/mol. The Kier molecular flexibility index (Phi) is 5.99. The summed E-state index contributed by atoms with van der Waals surface area (Å²) in [6.07, 6.45) is 2.86. The Morgan fingerprint density at radius 2 is 1.83 bits per heavy atom. The average molecular weight is 408 g/mol. The van der Waals surface area contributed by atoms with Gasteiger partial charge in [0, 0.05) is 39.6 Å². The molecule has 1 aromatic carbocycles. The van der Waals surface area contributed by atoms with Crippen LogP contribution in [0.4, 0.5) is 11.5 Å². The van der Waals surface area contributed by atoms with Gasteiger partial charge in [0.05, 0.1) is 24.3 Å². The molecule has 0 aliphatic carbocycles. The number of nitrogens with zero attached hydrogens (tertiary/aromatic N) is 4. The molecule has 0 spiro atoms. The van der Waals surface area contributed by atoms with Crippen molar-refractivity contribution in [1.29, 1.82) is 0 Å². The van der Waals surface area contributed by atoms with Crippen molar-refractivity contribution < 1.29 is 9.59 Å². The molecule has 1 N–H and O–H groups in total. The smallest absolute Gasteiger partial charge is 0.227 e. The van der Waals surface area contributed by atoms with Crippen LogP contribution >= 0.6 is 0 Å². The van der Waals surface area contributed by atoms with Gasteiger partial charge in [0.15, 0.2) is 0 Å². The van der Waals surface area contributed by atoms with Crippen molar-refractivity contribution in [3.63, 3.8) is 0 Å². The van der Waals surface area contributed by atoms with Crippen LogP contribution in [0, 0.1) is 0 Å². The van der Waals surface area contributed by atoms with Crippen LogP contribution in [0.25, 0.3) is 0 Å². The van der Waals surface area contributed by atoms with Gasteiger partial charge in [-0.2, -0.15) is 0 Å². The maximum Gasteiger partial charge on any atom is 0.227 e. The molecule has 0 saturated carbocycles. The number of carbonyl (C=O) groups excluding carboxylic acids is 2. The van der Waals surface area contributed by atoms with E-state index in [-0.39, 0.29) is 24.3 Å². The topological polar surface area (TPSA) is 68.8 Å². The number of aromatic nitrogens is 1. The van der Waals surface area contributed by atoms with Crippen LogP contribution in [-0.4, -0.2) is 66.4 Å². The third-order valence-corrected chi connectivity index (χ3v) is 6.08. The zero-order valence-electron chi connectivity index (χ0n) is 17.7. The molecule has 1 saturated heterocycles. The summed E-state index contributed by atoms with van der Waals surface area (Å²) in [4.78, 5) is 35.8.